The van der Waals surface area contributed by atoms with Crippen LogP contribution in [-0.2, 0) is 14.3 Å². The van der Waals surface area contributed by atoms with E-state index >= 15 is 0 Å². The van der Waals surface area contributed by atoms with Crippen molar-refractivity contribution in [1.29, 1.82) is 0 Å². The van der Waals surface area contributed by atoms with E-state index in [0.717, 1.165) is 0 Å². The van der Waals surface area contributed by atoms with Crippen LogP contribution in [0.5, 0.6) is 0 Å². The minimum atomic E-state index is -0.946. The maximum Gasteiger partial charge on any atom is 0.242 e. The molecule has 1 aliphatic heterocycles. The van der Waals surface area contributed by atoms with E-state index in [1.807, 2.05) is 0 Å². The Hall–Kier alpha value is -1.14. The first-order chi connectivity index (χ1) is 7.82. The maximum absolute atomic E-state index is 11.9. The topological polar surface area (TPSA) is 93.5 Å². The van der Waals surface area contributed by atoms with Gasteiger partial charge in [-0.25, -0.2) is 0 Å². The van der Waals surface area contributed by atoms with E-state index < -0.39 is 11.0 Å². The molecule has 0 aromatic heterocycles. The molecule has 0 spiro atoms. The van der Waals surface area contributed by atoms with E-state index in [0.29, 0.717) is 13.0 Å². The Balaban J connectivity index is 2.50. The standard InChI is InChI=1S/C11H21N3O3/c1-10(2,8(15)13-3)6-14-9(16)11(12)4-5-17-7-11/h4-7,12H2,1-3H3,(H,13,15)(H,14,16). The Morgan fingerprint density at radius 3 is 2.59 bits per heavy atom. The number of nitrogens with two attached hydrogens (primary N) is 1. The van der Waals surface area contributed by atoms with E-state index in [1.165, 1.54) is 0 Å². The summed E-state index contributed by atoms with van der Waals surface area (Å²) in [6.45, 7) is 4.52. The summed E-state index contributed by atoms with van der Waals surface area (Å²) in [4.78, 5) is 23.4. The fraction of sp³-hybridized carbons (Fsp3) is 0.818. The summed E-state index contributed by atoms with van der Waals surface area (Å²) in [5.74, 6) is -0.376. The SMILES string of the molecule is CNC(=O)C(C)(C)CNC(=O)C1(N)CCOC1. The van der Waals surface area contributed by atoms with Crippen molar-refractivity contribution in [3.05, 3.63) is 0 Å². The number of carbonyl (C=O) groups is 2. The smallest absolute Gasteiger partial charge is 0.242 e. The molecule has 0 radical (unpaired) electrons. The van der Waals surface area contributed by atoms with Gasteiger partial charge in [-0.3, -0.25) is 9.59 Å². The average molecular weight is 243 g/mol. The van der Waals surface area contributed by atoms with Crippen molar-refractivity contribution in [3.63, 3.8) is 0 Å². The molecule has 1 rings (SSSR count). The van der Waals surface area contributed by atoms with E-state index in [2.05, 4.69) is 10.6 Å². The summed E-state index contributed by atoms with van der Waals surface area (Å²) in [6, 6.07) is 0. The van der Waals surface area contributed by atoms with Crippen LogP contribution in [0.15, 0.2) is 0 Å². The van der Waals surface area contributed by atoms with Gasteiger partial charge in [0.2, 0.25) is 11.8 Å². The number of nitrogens with one attached hydrogen (secondary N) is 2. The fourth-order valence-corrected chi connectivity index (χ4v) is 1.66. The van der Waals surface area contributed by atoms with Crippen molar-refractivity contribution in [2.75, 3.05) is 26.8 Å². The lowest BCUT2D eigenvalue weighted by Crippen LogP contribution is -2.56. The van der Waals surface area contributed by atoms with Gasteiger partial charge >= 0.3 is 0 Å². The van der Waals surface area contributed by atoms with Gasteiger partial charge in [-0.1, -0.05) is 0 Å². The van der Waals surface area contributed by atoms with Crippen molar-refractivity contribution in [3.8, 4) is 0 Å². The lowest BCUT2D eigenvalue weighted by Gasteiger charge is -2.26. The largest absolute Gasteiger partial charge is 0.379 e. The first kappa shape index (κ1) is 13.9. The average Bonchev–Trinajstić information content (AvgIpc) is 2.73. The monoisotopic (exact) mass is 243 g/mol. The van der Waals surface area contributed by atoms with Crippen LogP contribution in [0, 0.1) is 5.41 Å². The van der Waals surface area contributed by atoms with Gasteiger partial charge in [-0.2, -0.15) is 0 Å². The highest BCUT2D eigenvalue weighted by atomic mass is 16.5. The molecular weight excluding hydrogens is 222 g/mol. The molecule has 4 N–H and O–H groups in total. The molecule has 1 aliphatic rings. The molecule has 2 amide bonds. The minimum absolute atomic E-state index is 0.119. The molecule has 1 fully saturated rings. The lowest BCUT2D eigenvalue weighted by atomic mass is 9.91. The van der Waals surface area contributed by atoms with Crippen molar-refractivity contribution < 1.29 is 14.3 Å². The molecule has 1 saturated heterocycles. The Labute approximate surface area is 101 Å². The number of carbonyl (C=O) groups excluding carboxylic acids is 2. The summed E-state index contributed by atoms with van der Waals surface area (Å²) >= 11 is 0. The Morgan fingerprint density at radius 1 is 1.47 bits per heavy atom. The van der Waals surface area contributed by atoms with Gasteiger partial charge < -0.3 is 21.1 Å². The fourth-order valence-electron chi connectivity index (χ4n) is 1.66. The maximum atomic E-state index is 11.9. The third kappa shape index (κ3) is 3.17. The van der Waals surface area contributed by atoms with Crippen LogP contribution in [-0.4, -0.2) is 44.2 Å². The first-order valence-electron chi connectivity index (χ1n) is 5.69. The molecular formula is C11H21N3O3. The lowest BCUT2D eigenvalue weighted by molar-refractivity contribution is -0.130. The molecule has 98 valence electrons. The van der Waals surface area contributed by atoms with Gasteiger partial charge in [0.1, 0.15) is 5.54 Å². The van der Waals surface area contributed by atoms with E-state index in [1.54, 1.807) is 20.9 Å². The summed E-state index contributed by atoms with van der Waals surface area (Å²) < 4.78 is 5.12. The molecule has 0 aromatic carbocycles. The van der Waals surface area contributed by atoms with Crippen LogP contribution in [0.2, 0.25) is 0 Å². The second kappa shape index (κ2) is 5.01. The van der Waals surface area contributed by atoms with Gasteiger partial charge in [0.25, 0.3) is 0 Å². The third-order valence-corrected chi connectivity index (χ3v) is 3.04. The van der Waals surface area contributed by atoms with Crippen LogP contribution >= 0.6 is 0 Å². The predicted octanol–water partition coefficient (Wildman–Crippen LogP) is -1.01. The second-order valence-corrected chi connectivity index (χ2v) is 5.10. The zero-order valence-corrected chi connectivity index (χ0v) is 10.6. The summed E-state index contributed by atoms with van der Waals surface area (Å²) in [7, 11) is 1.57. The van der Waals surface area contributed by atoms with Crippen LogP contribution < -0.4 is 16.4 Å². The summed E-state index contributed by atoms with van der Waals surface area (Å²) in [5.41, 5.74) is 4.30. The molecule has 1 atom stereocenters. The third-order valence-electron chi connectivity index (χ3n) is 3.04. The zero-order valence-electron chi connectivity index (χ0n) is 10.6. The zero-order chi connectivity index (χ0) is 13.1. The molecule has 17 heavy (non-hydrogen) atoms. The van der Waals surface area contributed by atoms with Gasteiger partial charge in [0.05, 0.1) is 12.0 Å². The van der Waals surface area contributed by atoms with E-state index in [-0.39, 0.29) is 25.0 Å². The Kier molecular flexibility index (Phi) is 4.11. The molecule has 0 aromatic rings. The van der Waals surface area contributed by atoms with Gasteiger partial charge in [0, 0.05) is 20.2 Å². The summed E-state index contributed by atoms with van der Waals surface area (Å²) in [5, 5.41) is 5.28. The quantitative estimate of drug-likeness (QED) is 0.590. The highest BCUT2D eigenvalue weighted by Gasteiger charge is 2.39. The predicted molar refractivity (Wildman–Crippen MR) is 63.2 cm³/mol. The van der Waals surface area contributed by atoms with E-state index in [4.69, 9.17) is 10.5 Å². The molecule has 0 saturated carbocycles. The molecule has 1 unspecified atom stereocenters. The van der Waals surface area contributed by atoms with Crippen molar-refractivity contribution >= 4 is 11.8 Å². The molecule has 0 bridgehead atoms. The molecule has 6 heteroatoms. The van der Waals surface area contributed by atoms with E-state index in [9.17, 15) is 9.59 Å². The van der Waals surface area contributed by atoms with Crippen molar-refractivity contribution in [2.24, 2.45) is 11.1 Å². The molecule has 1 heterocycles. The second-order valence-electron chi connectivity index (χ2n) is 5.10. The van der Waals surface area contributed by atoms with Crippen LogP contribution in [0.4, 0.5) is 0 Å². The van der Waals surface area contributed by atoms with Crippen molar-refractivity contribution in [2.45, 2.75) is 25.8 Å². The molecule has 0 aliphatic carbocycles. The van der Waals surface area contributed by atoms with Crippen LogP contribution in [0.25, 0.3) is 0 Å². The van der Waals surface area contributed by atoms with Gasteiger partial charge in [0.15, 0.2) is 0 Å². The number of hydrogen-bond donors (Lipinski definition) is 3. The number of ether oxygens (including phenoxy) is 1. The summed E-state index contributed by atoms with van der Waals surface area (Å²) in [6.07, 6.45) is 0.513. The Bertz CT molecular complexity index is 309. The highest BCUT2D eigenvalue weighted by Crippen LogP contribution is 2.17. The normalized spacial score (nSPS) is 24.5. The van der Waals surface area contributed by atoms with Gasteiger partial charge in [-0.05, 0) is 20.3 Å². The van der Waals surface area contributed by atoms with Crippen LogP contribution in [0.3, 0.4) is 0 Å². The molecule has 6 nitrogen and oxygen atoms in total. The Morgan fingerprint density at radius 2 is 2.12 bits per heavy atom. The minimum Gasteiger partial charge on any atom is -0.379 e. The van der Waals surface area contributed by atoms with Gasteiger partial charge in [-0.15, -0.1) is 0 Å². The highest BCUT2D eigenvalue weighted by molar-refractivity contribution is 5.88. The van der Waals surface area contributed by atoms with Crippen molar-refractivity contribution in [1.82, 2.24) is 10.6 Å². The number of rotatable bonds is 4. The number of amides is 2. The van der Waals surface area contributed by atoms with Crippen LogP contribution in [0.1, 0.15) is 20.3 Å². The first-order valence-corrected chi connectivity index (χ1v) is 5.69. The number of hydrogen-bond acceptors (Lipinski definition) is 4.